The summed E-state index contributed by atoms with van der Waals surface area (Å²) < 4.78 is 14.9. The van der Waals surface area contributed by atoms with Gasteiger partial charge in [0.1, 0.15) is 11.3 Å². The first-order chi connectivity index (χ1) is 13.1. The van der Waals surface area contributed by atoms with Crippen LogP contribution < -0.4 is 4.90 Å². The number of amides is 1. The normalized spacial score (nSPS) is 17.1. The molecule has 1 aliphatic rings. The number of anilines is 1. The lowest BCUT2D eigenvalue weighted by molar-refractivity contribution is -0.141. The Morgan fingerprint density at radius 3 is 2.39 bits per heavy atom. The van der Waals surface area contributed by atoms with E-state index in [4.69, 9.17) is 9.47 Å². The molecule has 1 fully saturated rings. The fourth-order valence-corrected chi connectivity index (χ4v) is 2.90. The minimum Gasteiger partial charge on any atom is -0.469 e. The van der Waals surface area contributed by atoms with E-state index in [2.05, 4.69) is 9.72 Å². The summed E-state index contributed by atoms with van der Waals surface area (Å²) in [6, 6.07) is 2.94. The molecular formula is C19H27N3O6. The summed E-state index contributed by atoms with van der Waals surface area (Å²) in [5.41, 5.74) is 0.369. The highest BCUT2D eigenvalue weighted by Crippen LogP contribution is 2.23. The Balaban J connectivity index is 2.15. The number of nitrogens with zero attached hydrogens (tertiary/aromatic N) is 3. The number of carbonyl (C=O) groups excluding carboxylic acids is 3. The SMILES string of the molecule is COC(=O)CC1CN(c2ccc(C(=O)OC)nc2)CCN1C(=O)OC(C)(C)C. The van der Waals surface area contributed by atoms with E-state index in [-0.39, 0.29) is 12.1 Å². The Hall–Kier alpha value is -2.84. The van der Waals surface area contributed by atoms with E-state index in [1.807, 2.05) is 4.90 Å². The van der Waals surface area contributed by atoms with Gasteiger partial charge in [0.2, 0.25) is 0 Å². The predicted octanol–water partition coefficient (Wildman–Crippen LogP) is 1.86. The average molecular weight is 393 g/mol. The van der Waals surface area contributed by atoms with E-state index in [1.54, 1.807) is 44.0 Å². The van der Waals surface area contributed by atoms with Crippen LogP contribution in [0.5, 0.6) is 0 Å². The van der Waals surface area contributed by atoms with E-state index in [9.17, 15) is 14.4 Å². The van der Waals surface area contributed by atoms with Crippen LogP contribution >= 0.6 is 0 Å². The molecule has 0 aromatic carbocycles. The predicted molar refractivity (Wildman–Crippen MR) is 101 cm³/mol. The minimum absolute atomic E-state index is 0.0555. The summed E-state index contributed by atoms with van der Waals surface area (Å²) >= 11 is 0. The van der Waals surface area contributed by atoms with Crippen molar-refractivity contribution in [3.8, 4) is 0 Å². The second-order valence-corrected chi connectivity index (χ2v) is 7.45. The van der Waals surface area contributed by atoms with Gasteiger partial charge in [-0.2, -0.15) is 0 Å². The number of aromatic nitrogens is 1. The Morgan fingerprint density at radius 1 is 1.14 bits per heavy atom. The van der Waals surface area contributed by atoms with Gasteiger partial charge in [0.15, 0.2) is 0 Å². The second-order valence-electron chi connectivity index (χ2n) is 7.45. The Bertz CT molecular complexity index is 713. The first-order valence-corrected chi connectivity index (χ1v) is 9.00. The molecule has 28 heavy (non-hydrogen) atoms. The average Bonchev–Trinajstić information content (AvgIpc) is 2.65. The second kappa shape index (κ2) is 8.90. The molecule has 1 aromatic rings. The molecule has 1 saturated heterocycles. The smallest absolute Gasteiger partial charge is 0.410 e. The number of hydrogen-bond donors (Lipinski definition) is 0. The molecule has 1 aliphatic heterocycles. The van der Waals surface area contributed by atoms with Gasteiger partial charge in [-0.3, -0.25) is 4.79 Å². The van der Waals surface area contributed by atoms with Crippen LogP contribution in [-0.2, 0) is 19.0 Å². The molecule has 154 valence electrons. The molecule has 0 aliphatic carbocycles. The van der Waals surface area contributed by atoms with Gasteiger partial charge in [-0.25, -0.2) is 14.6 Å². The number of carbonyl (C=O) groups is 3. The lowest BCUT2D eigenvalue weighted by Crippen LogP contribution is -2.57. The van der Waals surface area contributed by atoms with Gasteiger partial charge in [0.25, 0.3) is 0 Å². The molecule has 2 rings (SSSR count). The van der Waals surface area contributed by atoms with Crippen molar-refractivity contribution in [2.45, 2.75) is 38.8 Å². The zero-order chi connectivity index (χ0) is 20.9. The number of ether oxygens (including phenoxy) is 3. The van der Waals surface area contributed by atoms with Crippen molar-refractivity contribution < 1.29 is 28.6 Å². The number of rotatable bonds is 4. The topological polar surface area (TPSA) is 98.3 Å². The number of piperazine rings is 1. The standard InChI is InChI=1S/C19H27N3O6/c1-19(2,3)28-18(25)22-9-8-21(12-14(22)10-16(23)26-4)13-6-7-15(20-11-13)17(24)27-5/h6-7,11,14H,8-10,12H2,1-5H3. The van der Waals surface area contributed by atoms with Crippen LogP contribution in [0, 0.1) is 0 Å². The van der Waals surface area contributed by atoms with Gasteiger partial charge < -0.3 is 24.0 Å². The van der Waals surface area contributed by atoms with Crippen molar-refractivity contribution in [1.82, 2.24) is 9.88 Å². The Labute approximate surface area is 164 Å². The summed E-state index contributed by atoms with van der Waals surface area (Å²) in [7, 11) is 2.61. The van der Waals surface area contributed by atoms with Gasteiger partial charge >= 0.3 is 18.0 Å². The van der Waals surface area contributed by atoms with Crippen molar-refractivity contribution in [3.63, 3.8) is 0 Å². The maximum Gasteiger partial charge on any atom is 0.410 e. The van der Waals surface area contributed by atoms with Crippen molar-refractivity contribution in [2.75, 3.05) is 38.8 Å². The third-order valence-corrected chi connectivity index (χ3v) is 4.25. The lowest BCUT2D eigenvalue weighted by Gasteiger charge is -2.42. The van der Waals surface area contributed by atoms with Gasteiger partial charge in [0.05, 0.1) is 38.6 Å². The van der Waals surface area contributed by atoms with Crippen LogP contribution in [0.4, 0.5) is 10.5 Å². The zero-order valence-corrected chi connectivity index (χ0v) is 16.9. The van der Waals surface area contributed by atoms with Crippen molar-refractivity contribution in [3.05, 3.63) is 24.0 Å². The molecule has 9 heteroatoms. The fraction of sp³-hybridized carbons (Fsp3) is 0.579. The van der Waals surface area contributed by atoms with E-state index in [0.717, 1.165) is 5.69 Å². The van der Waals surface area contributed by atoms with Crippen molar-refractivity contribution in [1.29, 1.82) is 0 Å². The van der Waals surface area contributed by atoms with E-state index < -0.39 is 29.7 Å². The van der Waals surface area contributed by atoms with Crippen LogP contribution in [0.3, 0.4) is 0 Å². The Morgan fingerprint density at radius 2 is 1.86 bits per heavy atom. The summed E-state index contributed by atoms with van der Waals surface area (Å²) in [6.07, 6.45) is 1.17. The number of hydrogen-bond acceptors (Lipinski definition) is 8. The summed E-state index contributed by atoms with van der Waals surface area (Å²) in [5, 5.41) is 0. The van der Waals surface area contributed by atoms with Gasteiger partial charge in [-0.15, -0.1) is 0 Å². The van der Waals surface area contributed by atoms with E-state index in [0.29, 0.717) is 19.6 Å². The molecule has 0 radical (unpaired) electrons. The van der Waals surface area contributed by atoms with E-state index in [1.165, 1.54) is 14.2 Å². The first kappa shape index (κ1) is 21.5. The zero-order valence-electron chi connectivity index (χ0n) is 16.9. The third kappa shape index (κ3) is 5.58. The molecule has 0 bridgehead atoms. The lowest BCUT2D eigenvalue weighted by atomic mass is 10.1. The van der Waals surface area contributed by atoms with Crippen molar-refractivity contribution in [2.24, 2.45) is 0 Å². The molecule has 0 spiro atoms. The van der Waals surface area contributed by atoms with Crippen LogP contribution in [0.25, 0.3) is 0 Å². The van der Waals surface area contributed by atoms with Crippen LogP contribution in [0.1, 0.15) is 37.7 Å². The maximum absolute atomic E-state index is 12.6. The number of methoxy groups -OCH3 is 2. The maximum atomic E-state index is 12.6. The largest absolute Gasteiger partial charge is 0.469 e. The molecule has 2 heterocycles. The minimum atomic E-state index is -0.627. The molecule has 1 amide bonds. The molecular weight excluding hydrogens is 366 g/mol. The molecule has 0 saturated carbocycles. The molecule has 0 N–H and O–H groups in total. The molecule has 1 unspecified atom stereocenters. The Kier molecular flexibility index (Phi) is 6.82. The first-order valence-electron chi connectivity index (χ1n) is 9.00. The van der Waals surface area contributed by atoms with Gasteiger partial charge in [-0.1, -0.05) is 0 Å². The third-order valence-electron chi connectivity index (χ3n) is 4.25. The summed E-state index contributed by atoms with van der Waals surface area (Å²) in [5.74, 6) is -0.913. The van der Waals surface area contributed by atoms with Gasteiger partial charge in [-0.05, 0) is 32.9 Å². The molecule has 9 nitrogen and oxygen atoms in total. The molecule has 1 aromatic heterocycles. The van der Waals surface area contributed by atoms with Crippen molar-refractivity contribution >= 4 is 23.7 Å². The highest BCUT2D eigenvalue weighted by Gasteiger charge is 2.35. The highest BCUT2D eigenvalue weighted by atomic mass is 16.6. The van der Waals surface area contributed by atoms with Gasteiger partial charge in [0, 0.05) is 19.6 Å². The number of pyridine rings is 1. The quantitative estimate of drug-likeness (QED) is 0.565. The summed E-state index contributed by atoms with van der Waals surface area (Å²) in [6.45, 7) is 6.72. The fourth-order valence-electron chi connectivity index (χ4n) is 2.90. The molecule has 1 atom stereocenters. The van der Waals surface area contributed by atoms with Crippen LogP contribution in [-0.4, -0.2) is 73.4 Å². The monoisotopic (exact) mass is 393 g/mol. The highest BCUT2D eigenvalue weighted by molar-refractivity contribution is 5.87. The summed E-state index contributed by atoms with van der Waals surface area (Å²) in [4.78, 5) is 43.6. The van der Waals surface area contributed by atoms with Crippen LogP contribution in [0.15, 0.2) is 18.3 Å². The van der Waals surface area contributed by atoms with Crippen LogP contribution in [0.2, 0.25) is 0 Å². The number of esters is 2. The van der Waals surface area contributed by atoms with E-state index >= 15 is 0 Å².